The summed E-state index contributed by atoms with van der Waals surface area (Å²) < 4.78 is 5.35. The van der Waals surface area contributed by atoms with Gasteiger partial charge >= 0.3 is 5.97 Å². The molecule has 0 heterocycles. The third kappa shape index (κ3) is 6.08. The first kappa shape index (κ1) is 24.9. The summed E-state index contributed by atoms with van der Waals surface area (Å²) in [6.45, 7) is 4.77. The zero-order chi connectivity index (χ0) is 24.7. The highest BCUT2D eigenvalue weighted by Crippen LogP contribution is 2.34. The van der Waals surface area contributed by atoms with E-state index in [4.69, 9.17) is 4.74 Å². The van der Waals surface area contributed by atoms with Gasteiger partial charge in [0.05, 0.1) is 22.2 Å². The van der Waals surface area contributed by atoms with Gasteiger partial charge in [-0.25, -0.2) is 4.79 Å². The Hall–Kier alpha value is -4.37. The van der Waals surface area contributed by atoms with Crippen LogP contribution in [0.5, 0.6) is 0 Å². The maximum atomic E-state index is 11.7. The minimum absolute atomic E-state index is 0.0984. The second-order valence-electron chi connectivity index (χ2n) is 6.89. The number of anilines is 2. The second kappa shape index (κ2) is 10.8. The van der Waals surface area contributed by atoms with Crippen LogP contribution in [-0.4, -0.2) is 41.3 Å². The molecule has 0 radical (unpaired) electrons. The second-order valence-corrected chi connectivity index (χ2v) is 6.89. The predicted octanol–water partition coefficient (Wildman–Crippen LogP) is 4.38. The molecule has 33 heavy (non-hydrogen) atoms. The average molecular weight is 454 g/mol. The number of nitrogens with zero attached hydrogens (tertiary/aromatic N) is 5. The van der Waals surface area contributed by atoms with Crippen molar-refractivity contribution in [2.75, 3.05) is 17.3 Å². The first-order valence-electron chi connectivity index (χ1n) is 9.64. The summed E-state index contributed by atoms with van der Waals surface area (Å²) in [6, 6.07) is 9.56. The molecule has 0 bridgehead atoms. The maximum Gasteiger partial charge on any atom is 0.338 e. The molecule has 2 aromatic carbocycles. The van der Waals surface area contributed by atoms with Crippen LogP contribution in [0.25, 0.3) is 0 Å². The molecule has 0 saturated heterocycles. The number of nitro benzene ring substituents is 1. The van der Waals surface area contributed by atoms with Gasteiger partial charge < -0.3 is 20.1 Å². The molecule has 2 N–H and O–H groups in total. The molecule has 2 unspecified atom stereocenters. The van der Waals surface area contributed by atoms with E-state index < -0.39 is 34.4 Å². The van der Waals surface area contributed by atoms with E-state index in [0.29, 0.717) is 5.69 Å². The van der Waals surface area contributed by atoms with Crippen molar-refractivity contribution < 1.29 is 24.4 Å². The van der Waals surface area contributed by atoms with Gasteiger partial charge in [-0.2, -0.15) is 5.26 Å². The number of nitriles is 1. The largest absolute Gasteiger partial charge is 0.478 e. The molecule has 0 saturated carbocycles. The van der Waals surface area contributed by atoms with Crippen molar-refractivity contribution >= 4 is 40.3 Å². The fraction of sp³-hybridized carbons (Fsp3) is 0.286. The van der Waals surface area contributed by atoms with Gasteiger partial charge in [-0.15, -0.1) is 10.2 Å². The lowest BCUT2D eigenvalue weighted by Crippen LogP contribution is -2.40. The summed E-state index contributed by atoms with van der Waals surface area (Å²) in [5.41, 5.74) is 0.155. The molecular formula is C21H22N6O6. The molecule has 0 aliphatic heterocycles. The molecule has 2 atom stereocenters. The Kier molecular flexibility index (Phi) is 8.13. The van der Waals surface area contributed by atoms with Crippen LogP contribution in [0.2, 0.25) is 0 Å². The maximum absolute atomic E-state index is 11.7. The number of rotatable bonds is 9. The number of non-ortho nitro benzene ring substituents is 1. The van der Waals surface area contributed by atoms with Crippen molar-refractivity contribution in [1.82, 2.24) is 0 Å². The fourth-order valence-corrected chi connectivity index (χ4v) is 2.99. The van der Waals surface area contributed by atoms with Gasteiger partial charge in [0.25, 0.3) is 5.69 Å². The number of benzene rings is 2. The number of amides is 1. The number of nitro groups is 1. The van der Waals surface area contributed by atoms with E-state index in [2.05, 4.69) is 21.6 Å². The highest BCUT2D eigenvalue weighted by molar-refractivity contribution is 5.94. The molecule has 0 aliphatic carbocycles. The number of hydrogen-bond donors (Lipinski definition) is 2. The van der Waals surface area contributed by atoms with Gasteiger partial charge in [0.15, 0.2) is 0 Å². The van der Waals surface area contributed by atoms with Crippen LogP contribution in [0.4, 0.5) is 28.4 Å². The lowest BCUT2D eigenvalue weighted by Gasteiger charge is -2.32. The number of carbonyl (C=O) groups excluding carboxylic acids is 1. The number of methoxy groups -OCH3 is 1. The third-order valence-corrected chi connectivity index (χ3v) is 4.61. The zero-order valence-electron chi connectivity index (χ0n) is 18.3. The van der Waals surface area contributed by atoms with Gasteiger partial charge in [-0.3, -0.25) is 14.9 Å². The third-order valence-electron chi connectivity index (χ3n) is 4.61. The van der Waals surface area contributed by atoms with Crippen molar-refractivity contribution in [3.8, 4) is 6.07 Å². The summed E-state index contributed by atoms with van der Waals surface area (Å²) in [5.74, 6) is -1.79. The van der Waals surface area contributed by atoms with Crippen LogP contribution in [-0.2, 0) is 9.53 Å². The van der Waals surface area contributed by atoms with Crippen LogP contribution in [0.1, 0.15) is 31.1 Å². The number of aromatic carboxylic acids is 1. The number of ether oxygens (including phenoxy) is 1. The topological polar surface area (TPSA) is 171 Å². The molecule has 0 spiro atoms. The summed E-state index contributed by atoms with van der Waals surface area (Å²) in [6.07, 6.45) is -0.449. The SMILES string of the molecule is COC(C)N(c1ccc(N=Nc2ccc([N+](=O)[O-])cc2C(=O)O)c(NC(C)=O)c1)C(C)C#N. The average Bonchev–Trinajstić information content (AvgIpc) is 2.77. The molecule has 2 rings (SSSR count). The summed E-state index contributed by atoms with van der Waals surface area (Å²) in [7, 11) is 1.50. The Morgan fingerprint density at radius 1 is 1.21 bits per heavy atom. The van der Waals surface area contributed by atoms with Crippen LogP contribution >= 0.6 is 0 Å². The number of carbonyl (C=O) groups is 2. The number of nitrogens with one attached hydrogen (secondary N) is 1. The molecule has 172 valence electrons. The van der Waals surface area contributed by atoms with Crippen molar-refractivity contribution in [3.63, 3.8) is 0 Å². The van der Waals surface area contributed by atoms with E-state index in [9.17, 15) is 30.1 Å². The van der Waals surface area contributed by atoms with E-state index in [-0.39, 0.29) is 23.0 Å². The molecule has 0 fully saturated rings. The Morgan fingerprint density at radius 3 is 2.39 bits per heavy atom. The van der Waals surface area contributed by atoms with Crippen molar-refractivity contribution in [2.45, 2.75) is 33.0 Å². The molecular weight excluding hydrogens is 432 g/mol. The predicted molar refractivity (Wildman–Crippen MR) is 119 cm³/mol. The van der Waals surface area contributed by atoms with E-state index in [1.807, 2.05) is 0 Å². The number of hydrogen-bond acceptors (Lipinski definition) is 9. The highest BCUT2D eigenvalue weighted by Gasteiger charge is 2.22. The molecule has 0 aromatic heterocycles. The summed E-state index contributed by atoms with van der Waals surface area (Å²) in [4.78, 5) is 35.1. The molecule has 12 heteroatoms. The fourth-order valence-electron chi connectivity index (χ4n) is 2.99. The van der Waals surface area contributed by atoms with E-state index >= 15 is 0 Å². The molecule has 2 aromatic rings. The van der Waals surface area contributed by atoms with Gasteiger partial charge in [0, 0.05) is 31.9 Å². The Bertz CT molecular complexity index is 1140. The lowest BCUT2D eigenvalue weighted by atomic mass is 10.1. The summed E-state index contributed by atoms with van der Waals surface area (Å²) >= 11 is 0. The van der Waals surface area contributed by atoms with Crippen molar-refractivity contribution in [2.24, 2.45) is 10.2 Å². The minimum atomic E-state index is -1.40. The monoisotopic (exact) mass is 454 g/mol. The Labute approximate surface area is 189 Å². The van der Waals surface area contributed by atoms with Crippen LogP contribution < -0.4 is 10.2 Å². The Balaban J connectivity index is 2.54. The first-order chi connectivity index (χ1) is 15.6. The minimum Gasteiger partial charge on any atom is -0.478 e. The smallest absolute Gasteiger partial charge is 0.338 e. The van der Waals surface area contributed by atoms with E-state index in [1.165, 1.54) is 26.2 Å². The number of carboxylic acid groups (broad SMARTS) is 1. The van der Waals surface area contributed by atoms with Crippen LogP contribution in [0, 0.1) is 21.4 Å². The quantitative estimate of drug-likeness (QED) is 0.243. The van der Waals surface area contributed by atoms with Gasteiger partial charge in [0.2, 0.25) is 5.91 Å². The van der Waals surface area contributed by atoms with Gasteiger partial charge in [-0.05, 0) is 38.1 Å². The van der Waals surface area contributed by atoms with Crippen LogP contribution in [0.15, 0.2) is 46.6 Å². The van der Waals surface area contributed by atoms with E-state index in [1.54, 1.807) is 30.9 Å². The number of carboxylic acids is 1. The Morgan fingerprint density at radius 2 is 1.85 bits per heavy atom. The number of azo groups is 1. The van der Waals surface area contributed by atoms with Crippen molar-refractivity contribution in [1.29, 1.82) is 5.26 Å². The molecule has 1 amide bonds. The van der Waals surface area contributed by atoms with Gasteiger partial charge in [0.1, 0.15) is 23.6 Å². The lowest BCUT2D eigenvalue weighted by molar-refractivity contribution is -0.384. The highest BCUT2D eigenvalue weighted by atomic mass is 16.6. The van der Waals surface area contributed by atoms with Gasteiger partial charge in [-0.1, -0.05) is 0 Å². The zero-order valence-corrected chi connectivity index (χ0v) is 18.3. The standard InChI is InChI=1S/C21H22N6O6/c1-12(11-22)26(14(3)33-4)15-5-8-19(20(10-15)23-13(2)28)25-24-18-7-6-16(27(31)32)9-17(18)21(29)30/h5-10,12,14H,1-4H3,(H,23,28)(H,29,30). The van der Waals surface area contributed by atoms with E-state index in [0.717, 1.165) is 12.1 Å². The molecule has 12 nitrogen and oxygen atoms in total. The molecule has 0 aliphatic rings. The summed E-state index contributed by atoms with van der Waals surface area (Å²) in [5, 5.41) is 40.3. The first-order valence-corrected chi connectivity index (χ1v) is 9.64. The normalized spacial score (nSPS) is 12.6. The van der Waals surface area contributed by atoms with Crippen LogP contribution in [0.3, 0.4) is 0 Å². The van der Waals surface area contributed by atoms with Crippen molar-refractivity contribution in [3.05, 3.63) is 52.1 Å².